The second kappa shape index (κ2) is 8.98. The van der Waals surface area contributed by atoms with Crippen molar-refractivity contribution in [3.63, 3.8) is 0 Å². The van der Waals surface area contributed by atoms with E-state index >= 15 is 0 Å². The molecule has 0 aromatic heterocycles. The van der Waals surface area contributed by atoms with Crippen molar-refractivity contribution < 1.29 is 23.1 Å². The van der Waals surface area contributed by atoms with Gasteiger partial charge in [0.05, 0.1) is 6.61 Å². The molecule has 4 N–H and O–H groups in total. The number of amidine groups is 1. The van der Waals surface area contributed by atoms with Gasteiger partial charge in [-0.05, 0) is 12.3 Å². The smallest absolute Gasteiger partial charge is 0.400 e. The molecule has 0 aliphatic heterocycles. The van der Waals surface area contributed by atoms with E-state index in [2.05, 4.69) is 24.3 Å². The fourth-order valence-corrected chi connectivity index (χ4v) is 1.27. The molecule has 5 nitrogen and oxygen atoms in total. The van der Waals surface area contributed by atoms with Crippen LogP contribution in [0.4, 0.5) is 13.2 Å². The van der Waals surface area contributed by atoms with Crippen LogP contribution in [0.1, 0.15) is 20.3 Å². The molecule has 0 radical (unpaired) electrons. The number of nitrogens with zero attached hydrogens (tertiary/aromatic N) is 1. The third-order valence-corrected chi connectivity index (χ3v) is 2.48. The van der Waals surface area contributed by atoms with Crippen LogP contribution in [0, 0.1) is 11.8 Å². The molecule has 0 aliphatic carbocycles. The van der Waals surface area contributed by atoms with Crippen molar-refractivity contribution in [3.8, 4) is 0 Å². The molecule has 0 amide bonds. The quantitative estimate of drug-likeness (QED) is 0.197. The zero-order chi connectivity index (χ0) is 14.9. The second-order valence-corrected chi connectivity index (χ2v) is 4.62. The number of nitrogens with one attached hydrogen (secondary N) is 1. The zero-order valence-corrected chi connectivity index (χ0v) is 11.2. The number of nitrogens with two attached hydrogens (primary N) is 1. The highest BCUT2D eigenvalue weighted by atomic mass is 19.4. The summed E-state index contributed by atoms with van der Waals surface area (Å²) in [6, 6.07) is 0. The van der Waals surface area contributed by atoms with Crippen molar-refractivity contribution >= 4 is 5.84 Å². The van der Waals surface area contributed by atoms with E-state index in [0.717, 1.165) is 6.42 Å². The van der Waals surface area contributed by atoms with E-state index in [9.17, 15) is 13.2 Å². The van der Waals surface area contributed by atoms with Gasteiger partial charge in [0.25, 0.3) is 0 Å². The zero-order valence-electron chi connectivity index (χ0n) is 11.2. The van der Waals surface area contributed by atoms with Crippen LogP contribution in [0.3, 0.4) is 0 Å². The summed E-state index contributed by atoms with van der Waals surface area (Å²) in [6.45, 7) is 4.88. The van der Waals surface area contributed by atoms with Gasteiger partial charge in [-0.1, -0.05) is 19.0 Å². The van der Waals surface area contributed by atoms with E-state index in [1.165, 1.54) is 0 Å². The highest BCUT2D eigenvalue weighted by Crippen LogP contribution is 2.25. The van der Waals surface area contributed by atoms with Gasteiger partial charge in [0.15, 0.2) is 5.84 Å². The molecule has 1 atom stereocenters. The Morgan fingerprint density at radius 3 is 2.47 bits per heavy atom. The molecule has 1 unspecified atom stereocenters. The molecule has 19 heavy (non-hydrogen) atoms. The Morgan fingerprint density at radius 1 is 1.37 bits per heavy atom. The maximum Gasteiger partial charge on any atom is 0.400 e. The monoisotopic (exact) mass is 285 g/mol. The molecule has 0 spiro atoms. The predicted molar refractivity (Wildman–Crippen MR) is 66.1 cm³/mol. The first-order chi connectivity index (χ1) is 8.79. The van der Waals surface area contributed by atoms with Crippen molar-refractivity contribution in [1.82, 2.24) is 5.32 Å². The minimum absolute atomic E-state index is 0.281. The lowest BCUT2D eigenvalue weighted by molar-refractivity contribution is -0.155. The van der Waals surface area contributed by atoms with Crippen LogP contribution in [-0.2, 0) is 4.74 Å². The number of ether oxygens (including phenoxy) is 1. The summed E-state index contributed by atoms with van der Waals surface area (Å²) in [7, 11) is 0. The van der Waals surface area contributed by atoms with Crippen LogP contribution < -0.4 is 11.1 Å². The van der Waals surface area contributed by atoms with E-state index in [-0.39, 0.29) is 6.54 Å². The summed E-state index contributed by atoms with van der Waals surface area (Å²) in [5, 5.41) is 13.3. The Hall–Kier alpha value is -1.02. The van der Waals surface area contributed by atoms with Crippen molar-refractivity contribution in [2.24, 2.45) is 22.7 Å². The Morgan fingerprint density at radius 2 is 2.00 bits per heavy atom. The predicted octanol–water partition coefficient (Wildman–Crippen LogP) is 1.56. The summed E-state index contributed by atoms with van der Waals surface area (Å²) < 4.78 is 42.8. The maximum absolute atomic E-state index is 12.5. The third kappa shape index (κ3) is 8.66. The minimum atomic E-state index is -4.54. The summed E-state index contributed by atoms with van der Waals surface area (Å²) >= 11 is 0. The van der Waals surface area contributed by atoms with Gasteiger partial charge in [-0.3, -0.25) is 0 Å². The Balaban J connectivity index is 3.84. The van der Waals surface area contributed by atoms with Gasteiger partial charge in [0.2, 0.25) is 0 Å². The van der Waals surface area contributed by atoms with E-state index in [0.29, 0.717) is 19.1 Å². The van der Waals surface area contributed by atoms with Gasteiger partial charge in [-0.25, -0.2) is 0 Å². The lowest BCUT2D eigenvalue weighted by Crippen LogP contribution is -2.43. The molecule has 0 bridgehead atoms. The van der Waals surface area contributed by atoms with Crippen LogP contribution in [0.2, 0.25) is 0 Å². The van der Waals surface area contributed by atoms with Crippen LogP contribution in [0.25, 0.3) is 0 Å². The van der Waals surface area contributed by atoms with Crippen molar-refractivity contribution in [3.05, 3.63) is 0 Å². The molecular formula is C11H22F3N3O2. The average molecular weight is 285 g/mol. The first-order valence-electron chi connectivity index (χ1n) is 6.11. The van der Waals surface area contributed by atoms with Crippen LogP contribution >= 0.6 is 0 Å². The topological polar surface area (TPSA) is 79.9 Å². The molecule has 0 saturated carbocycles. The van der Waals surface area contributed by atoms with E-state index in [1.807, 2.05) is 0 Å². The third-order valence-electron chi connectivity index (χ3n) is 2.48. The van der Waals surface area contributed by atoms with E-state index in [1.54, 1.807) is 0 Å². The summed E-state index contributed by atoms with van der Waals surface area (Å²) in [6.07, 6.45) is -3.63. The first-order valence-corrected chi connectivity index (χ1v) is 6.11. The minimum Gasteiger partial charge on any atom is -0.409 e. The maximum atomic E-state index is 12.5. The number of alkyl halides is 3. The Bertz CT molecular complexity index is 270. The molecule has 0 fully saturated rings. The first kappa shape index (κ1) is 18.0. The number of oxime groups is 1. The summed E-state index contributed by atoms with van der Waals surface area (Å²) in [4.78, 5) is 0. The van der Waals surface area contributed by atoms with Crippen molar-refractivity contribution in [1.29, 1.82) is 0 Å². The largest absolute Gasteiger partial charge is 0.409 e. The molecule has 0 heterocycles. The lowest BCUT2D eigenvalue weighted by atomic mass is 10.1. The molecule has 0 aromatic carbocycles. The van der Waals surface area contributed by atoms with Gasteiger partial charge >= 0.3 is 6.18 Å². The van der Waals surface area contributed by atoms with Gasteiger partial charge in [0.1, 0.15) is 5.92 Å². The van der Waals surface area contributed by atoms with Gasteiger partial charge in [-0.2, -0.15) is 13.2 Å². The van der Waals surface area contributed by atoms with Crippen molar-refractivity contribution in [2.45, 2.75) is 26.4 Å². The molecule has 114 valence electrons. The van der Waals surface area contributed by atoms with Crippen LogP contribution in [-0.4, -0.2) is 43.5 Å². The number of halogens is 3. The number of rotatable bonds is 9. The SMILES string of the molecule is CC(C)CCOCCNCC(C(N)=NO)C(F)(F)F. The van der Waals surface area contributed by atoms with Crippen LogP contribution in [0.15, 0.2) is 5.16 Å². The van der Waals surface area contributed by atoms with E-state index < -0.39 is 24.5 Å². The molecule has 0 aliphatic rings. The fourth-order valence-electron chi connectivity index (χ4n) is 1.27. The molecule has 0 aromatic rings. The van der Waals surface area contributed by atoms with E-state index in [4.69, 9.17) is 15.7 Å². The summed E-state index contributed by atoms with van der Waals surface area (Å²) in [5.74, 6) is -2.31. The number of hydrogen-bond donors (Lipinski definition) is 3. The highest BCUT2D eigenvalue weighted by molar-refractivity contribution is 5.83. The fraction of sp³-hybridized carbons (Fsp3) is 0.909. The van der Waals surface area contributed by atoms with Gasteiger partial charge in [-0.15, -0.1) is 0 Å². The molecular weight excluding hydrogens is 263 g/mol. The summed E-state index contributed by atoms with van der Waals surface area (Å²) in [5.41, 5.74) is 5.01. The highest BCUT2D eigenvalue weighted by Gasteiger charge is 2.42. The Kier molecular flexibility index (Phi) is 8.49. The Labute approximate surface area is 111 Å². The number of hydrogen-bond acceptors (Lipinski definition) is 4. The normalized spacial score (nSPS) is 14.9. The standard InChI is InChI=1S/C11H22F3N3O2/c1-8(2)3-5-19-6-4-16-7-9(10(15)17-18)11(12,13)14/h8-9,16,18H,3-7H2,1-2H3,(H2,15,17). The molecule has 0 saturated heterocycles. The van der Waals surface area contributed by atoms with Gasteiger partial charge < -0.3 is 21.0 Å². The van der Waals surface area contributed by atoms with Crippen LogP contribution in [0.5, 0.6) is 0 Å². The lowest BCUT2D eigenvalue weighted by Gasteiger charge is -2.19. The van der Waals surface area contributed by atoms with Crippen molar-refractivity contribution in [2.75, 3.05) is 26.3 Å². The molecule has 0 rings (SSSR count). The molecule has 8 heteroatoms. The average Bonchev–Trinajstić information content (AvgIpc) is 2.29. The second-order valence-electron chi connectivity index (χ2n) is 4.62. The van der Waals surface area contributed by atoms with Gasteiger partial charge in [0, 0.05) is 19.7 Å².